The van der Waals surface area contributed by atoms with Crippen molar-refractivity contribution in [2.24, 2.45) is 12.8 Å². The maximum absolute atomic E-state index is 5.53. The number of aryl methyl sites for hydroxylation is 1. The molecule has 4 nitrogen and oxygen atoms in total. The SMILES string of the molecule is Cn1cc(OCCN)c(C(C)(C)C)n1. The lowest BCUT2D eigenvalue weighted by Crippen LogP contribution is -2.16. The summed E-state index contributed by atoms with van der Waals surface area (Å²) in [7, 11) is 1.89. The lowest BCUT2D eigenvalue weighted by Gasteiger charge is -2.17. The van der Waals surface area contributed by atoms with Gasteiger partial charge in [0.25, 0.3) is 0 Å². The van der Waals surface area contributed by atoms with Crippen molar-refractivity contribution in [1.82, 2.24) is 9.78 Å². The Bertz CT molecular complexity index is 299. The van der Waals surface area contributed by atoms with Crippen LogP contribution in [-0.2, 0) is 12.5 Å². The molecule has 0 amide bonds. The molecule has 14 heavy (non-hydrogen) atoms. The first-order valence-corrected chi connectivity index (χ1v) is 4.82. The molecule has 0 aliphatic heterocycles. The first-order chi connectivity index (χ1) is 6.45. The second-order valence-electron chi connectivity index (χ2n) is 4.40. The number of ether oxygens (including phenoxy) is 1. The van der Waals surface area contributed by atoms with E-state index in [0.29, 0.717) is 13.2 Å². The molecule has 0 bridgehead atoms. The Morgan fingerprint density at radius 1 is 1.50 bits per heavy atom. The minimum Gasteiger partial charge on any atom is -0.489 e. The standard InChI is InChI=1S/C10H19N3O/c1-10(2,3)9-8(14-6-5-11)7-13(4)12-9/h7H,5-6,11H2,1-4H3. The van der Waals surface area contributed by atoms with E-state index in [-0.39, 0.29) is 5.41 Å². The van der Waals surface area contributed by atoms with Crippen LogP contribution in [0.2, 0.25) is 0 Å². The summed E-state index contributed by atoms with van der Waals surface area (Å²) in [6, 6.07) is 0. The summed E-state index contributed by atoms with van der Waals surface area (Å²) in [5.41, 5.74) is 6.38. The monoisotopic (exact) mass is 197 g/mol. The van der Waals surface area contributed by atoms with Crippen LogP contribution >= 0.6 is 0 Å². The highest BCUT2D eigenvalue weighted by Crippen LogP contribution is 2.29. The predicted octanol–water partition coefficient (Wildman–Crippen LogP) is 1.06. The second kappa shape index (κ2) is 4.00. The summed E-state index contributed by atoms with van der Waals surface area (Å²) in [5.74, 6) is 0.838. The Kier molecular flexibility index (Phi) is 3.16. The van der Waals surface area contributed by atoms with E-state index in [1.165, 1.54) is 0 Å². The quantitative estimate of drug-likeness (QED) is 0.788. The van der Waals surface area contributed by atoms with Crippen LogP contribution in [0.25, 0.3) is 0 Å². The van der Waals surface area contributed by atoms with Crippen molar-refractivity contribution in [1.29, 1.82) is 0 Å². The maximum Gasteiger partial charge on any atom is 0.160 e. The number of nitrogens with two attached hydrogens (primary N) is 1. The molecule has 2 N–H and O–H groups in total. The summed E-state index contributed by atoms with van der Waals surface area (Å²) >= 11 is 0. The Morgan fingerprint density at radius 2 is 2.14 bits per heavy atom. The zero-order valence-corrected chi connectivity index (χ0v) is 9.37. The highest BCUT2D eigenvalue weighted by molar-refractivity contribution is 5.30. The van der Waals surface area contributed by atoms with Gasteiger partial charge >= 0.3 is 0 Å². The van der Waals surface area contributed by atoms with E-state index in [1.54, 1.807) is 4.68 Å². The van der Waals surface area contributed by atoms with Crippen molar-refractivity contribution in [3.63, 3.8) is 0 Å². The van der Waals surface area contributed by atoms with Gasteiger partial charge in [0.05, 0.1) is 6.20 Å². The van der Waals surface area contributed by atoms with Gasteiger partial charge in [0.15, 0.2) is 5.75 Å². The van der Waals surface area contributed by atoms with Crippen LogP contribution in [0.3, 0.4) is 0 Å². The van der Waals surface area contributed by atoms with Crippen LogP contribution in [-0.4, -0.2) is 22.9 Å². The molecule has 4 heteroatoms. The Hall–Kier alpha value is -1.03. The molecule has 1 rings (SSSR count). The minimum absolute atomic E-state index is 0.00515. The number of hydrogen-bond acceptors (Lipinski definition) is 3. The molecule has 1 heterocycles. The summed E-state index contributed by atoms with van der Waals surface area (Å²) in [6.45, 7) is 7.41. The van der Waals surface area contributed by atoms with Crippen molar-refractivity contribution in [3.8, 4) is 5.75 Å². The third-order valence-electron chi connectivity index (χ3n) is 1.88. The molecule has 0 aromatic carbocycles. The predicted molar refractivity (Wildman–Crippen MR) is 56.5 cm³/mol. The summed E-state index contributed by atoms with van der Waals surface area (Å²) in [6.07, 6.45) is 1.89. The second-order valence-corrected chi connectivity index (χ2v) is 4.40. The average molecular weight is 197 g/mol. The molecular weight excluding hydrogens is 178 g/mol. The summed E-state index contributed by atoms with van der Waals surface area (Å²) < 4.78 is 7.30. The number of aromatic nitrogens is 2. The molecule has 0 aliphatic rings. The van der Waals surface area contributed by atoms with Crippen molar-refractivity contribution in [2.75, 3.05) is 13.2 Å². The third kappa shape index (κ3) is 2.48. The minimum atomic E-state index is 0.00515. The van der Waals surface area contributed by atoms with Gasteiger partial charge < -0.3 is 10.5 Å². The van der Waals surface area contributed by atoms with Gasteiger partial charge in [0.2, 0.25) is 0 Å². The van der Waals surface area contributed by atoms with E-state index in [2.05, 4.69) is 25.9 Å². The molecule has 0 saturated heterocycles. The molecule has 0 saturated carbocycles. The molecule has 0 unspecified atom stereocenters. The highest BCUT2D eigenvalue weighted by Gasteiger charge is 2.22. The fourth-order valence-corrected chi connectivity index (χ4v) is 1.26. The Balaban J connectivity index is 2.91. The lowest BCUT2D eigenvalue weighted by atomic mass is 9.92. The Labute approximate surface area is 85.0 Å². The zero-order valence-electron chi connectivity index (χ0n) is 9.37. The van der Waals surface area contributed by atoms with E-state index in [0.717, 1.165) is 11.4 Å². The normalized spacial score (nSPS) is 11.8. The molecule has 0 radical (unpaired) electrons. The molecule has 80 valence electrons. The van der Waals surface area contributed by atoms with Gasteiger partial charge in [-0.25, -0.2) is 0 Å². The number of rotatable bonds is 3. The van der Waals surface area contributed by atoms with Crippen molar-refractivity contribution >= 4 is 0 Å². The van der Waals surface area contributed by atoms with Crippen LogP contribution in [0, 0.1) is 0 Å². The molecule has 1 aromatic rings. The summed E-state index contributed by atoms with van der Waals surface area (Å²) in [5, 5.41) is 4.39. The van der Waals surface area contributed by atoms with Crippen LogP contribution < -0.4 is 10.5 Å². The third-order valence-corrected chi connectivity index (χ3v) is 1.88. The molecular formula is C10H19N3O. The van der Waals surface area contributed by atoms with Crippen molar-refractivity contribution in [2.45, 2.75) is 26.2 Å². The van der Waals surface area contributed by atoms with Crippen LogP contribution in [0.15, 0.2) is 6.20 Å². The lowest BCUT2D eigenvalue weighted by molar-refractivity contribution is 0.318. The molecule has 0 aliphatic carbocycles. The van der Waals surface area contributed by atoms with E-state index >= 15 is 0 Å². The molecule has 0 fully saturated rings. The van der Waals surface area contributed by atoms with Gasteiger partial charge in [-0.1, -0.05) is 20.8 Å². The van der Waals surface area contributed by atoms with Gasteiger partial charge in [-0.2, -0.15) is 5.10 Å². The first kappa shape index (κ1) is 11.0. The van der Waals surface area contributed by atoms with E-state index in [9.17, 15) is 0 Å². The Morgan fingerprint density at radius 3 is 2.64 bits per heavy atom. The van der Waals surface area contributed by atoms with Gasteiger partial charge in [0.1, 0.15) is 12.3 Å². The fourth-order valence-electron chi connectivity index (χ4n) is 1.26. The van der Waals surface area contributed by atoms with Gasteiger partial charge in [-0.3, -0.25) is 4.68 Å². The summed E-state index contributed by atoms with van der Waals surface area (Å²) in [4.78, 5) is 0. The van der Waals surface area contributed by atoms with Gasteiger partial charge in [-0.05, 0) is 0 Å². The fraction of sp³-hybridized carbons (Fsp3) is 0.700. The largest absolute Gasteiger partial charge is 0.489 e. The van der Waals surface area contributed by atoms with Crippen LogP contribution in [0.5, 0.6) is 5.75 Å². The smallest absolute Gasteiger partial charge is 0.160 e. The number of nitrogens with zero attached hydrogens (tertiary/aromatic N) is 2. The first-order valence-electron chi connectivity index (χ1n) is 4.82. The van der Waals surface area contributed by atoms with Crippen molar-refractivity contribution < 1.29 is 4.74 Å². The molecule has 0 atom stereocenters. The van der Waals surface area contributed by atoms with E-state index in [4.69, 9.17) is 10.5 Å². The van der Waals surface area contributed by atoms with Crippen molar-refractivity contribution in [3.05, 3.63) is 11.9 Å². The topological polar surface area (TPSA) is 53.1 Å². The van der Waals surface area contributed by atoms with Crippen LogP contribution in [0.1, 0.15) is 26.5 Å². The zero-order chi connectivity index (χ0) is 10.8. The highest BCUT2D eigenvalue weighted by atomic mass is 16.5. The average Bonchev–Trinajstić information content (AvgIpc) is 2.42. The van der Waals surface area contributed by atoms with Gasteiger partial charge in [-0.15, -0.1) is 0 Å². The number of hydrogen-bond donors (Lipinski definition) is 1. The van der Waals surface area contributed by atoms with E-state index < -0.39 is 0 Å². The molecule has 1 aromatic heterocycles. The maximum atomic E-state index is 5.53. The van der Waals surface area contributed by atoms with Gasteiger partial charge in [0, 0.05) is 19.0 Å². The van der Waals surface area contributed by atoms with E-state index in [1.807, 2.05) is 13.2 Å². The van der Waals surface area contributed by atoms with Crippen LogP contribution in [0.4, 0.5) is 0 Å². The molecule has 0 spiro atoms.